The number of thiocarbonyl (C=S) groups is 1. The van der Waals surface area contributed by atoms with Crippen LogP contribution in [0.25, 0.3) is 17.4 Å². The van der Waals surface area contributed by atoms with Crippen LogP contribution in [0.2, 0.25) is 10.0 Å². The number of carboxylic acid groups (broad SMARTS) is 1. The first kappa shape index (κ1) is 20.7. The van der Waals surface area contributed by atoms with Crippen molar-refractivity contribution in [3.63, 3.8) is 0 Å². The van der Waals surface area contributed by atoms with Crippen LogP contribution in [0.3, 0.4) is 0 Å². The van der Waals surface area contributed by atoms with Crippen molar-refractivity contribution in [2.45, 2.75) is 0 Å². The number of carboxylic acids is 1. The number of anilines is 1. The molecule has 0 atom stereocenters. The summed E-state index contributed by atoms with van der Waals surface area (Å²) in [6, 6.07) is 14.6. The Morgan fingerprint density at radius 2 is 1.80 bits per heavy atom. The van der Waals surface area contributed by atoms with Crippen molar-refractivity contribution in [1.82, 2.24) is 0 Å². The number of furan rings is 1. The Kier molecular flexibility index (Phi) is 5.71. The molecule has 150 valence electrons. The molecule has 0 radical (unpaired) electrons. The summed E-state index contributed by atoms with van der Waals surface area (Å²) in [6.45, 7) is 0. The van der Waals surface area contributed by atoms with Gasteiger partial charge in [0.15, 0.2) is 4.32 Å². The first-order valence-corrected chi connectivity index (χ1v) is 10.5. The molecule has 1 fully saturated rings. The summed E-state index contributed by atoms with van der Waals surface area (Å²) in [5, 5.41) is 9.89. The van der Waals surface area contributed by atoms with Crippen LogP contribution in [0.4, 0.5) is 5.69 Å². The molecule has 4 rings (SSSR count). The predicted molar refractivity (Wildman–Crippen MR) is 123 cm³/mol. The van der Waals surface area contributed by atoms with Crippen LogP contribution in [0.1, 0.15) is 16.1 Å². The van der Waals surface area contributed by atoms with E-state index >= 15 is 0 Å². The van der Waals surface area contributed by atoms with E-state index in [4.69, 9.17) is 44.9 Å². The Morgan fingerprint density at radius 1 is 1.07 bits per heavy atom. The summed E-state index contributed by atoms with van der Waals surface area (Å²) < 4.78 is 6.17. The summed E-state index contributed by atoms with van der Waals surface area (Å²) in [5.74, 6) is -0.277. The Balaban J connectivity index is 1.58. The fraction of sp³-hybridized carbons (Fsp3) is 0. The molecule has 1 N–H and O–H groups in total. The van der Waals surface area contributed by atoms with E-state index in [2.05, 4.69) is 0 Å². The Hall–Kier alpha value is -2.58. The average Bonchev–Trinajstić information content (AvgIpc) is 3.29. The van der Waals surface area contributed by atoms with Gasteiger partial charge in [0.1, 0.15) is 11.5 Å². The lowest BCUT2D eigenvalue weighted by Crippen LogP contribution is -2.27. The highest BCUT2D eigenvalue weighted by atomic mass is 35.5. The second kappa shape index (κ2) is 8.28. The highest BCUT2D eigenvalue weighted by Crippen LogP contribution is 2.37. The minimum Gasteiger partial charge on any atom is -0.478 e. The van der Waals surface area contributed by atoms with Gasteiger partial charge in [-0.2, -0.15) is 0 Å². The number of thioether (sulfide) groups is 1. The van der Waals surface area contributed by atoms with Crippen molar-refractivity contribution >= 4 is 75.1 Å². The van der Waals surface area contributed by atoms with E-state index in [0.717, 1.165) is 17.3 Å². The molecule has 1 amide bonds. The van der Waals surface area contributed by atoms with Gasteiger partial charge in [-0.1, -0.05) is 47.2 Å². The SMILES string of the molecule is O=C(O)c1ccc(N2C(=O)/C(=C/c3ccc(-c4ccc(Cl)c(Cl)c4)o3)SC2=S)cc1. The number of hydrogen-bond donors (Lipinski definition) is 1. The van der Waals surface area contributed by atoms with Crippen LogP contribution in [0, 0.1) is 0 Å². The molecule has 2 heterocycles. The van der Waals surface area contributed by atoms with Gasteiger partial charge in [0.2, 0.25) is 0 Å². The van der Waals surface area contributed by atoms with E-state index in [1.807, 2.05) is 0 Å². The quantitative estimate of drug-likeness (QED) is 0.349. The molecule has 0 unspecified atom stereocenters. The third kappa shape index (κ3) is 4.02. The number of carbonyl (C=O) groups excluding carboxylic acids is 1. The molecule has 0 spiro atoms. The lowest BCUT2D eigenvalue weighted by atomic mass is 10.2. The van der Waals surface area contributed by atoms with E-state index in [9.17, 15) is 9.59 Å². The molecular weight excluding hydrogens is 465 g/mol. The number of nitrogens with zero attached hydrogens (tertiary/aromatic N) is 1. The van der Waals surface area contributed by atoms with Gasteiger partial charge >= 0.3 is 5.97 Å². The number of hydrogen-bond acceptors (Lipinski definition) is 5. The van der Waals surface area contributed by atoms with E-state index in [1.54, 1.807) is 48.5 Å². The van der Waals surface area contributed by atoms with Gasteiger partial charge in [0.05, 0.1) is 26.2 Å². The highest BCUT2D eigenvalue weighted by Gasteiger charge is 2.33. The first-order chi connectivity index (χ1) is 14.3. The third-order valence-corrected chi connectivity index (χ3v) is 6.31. The molecule has 0 saturated carbocycles. The number of amides is 1. The minimum absolute atomic E-state index is 0.130. The van der Waals surface area contributed by atoms with Crippen molar-refractivity contribution < 1.29 is 19.1 Å². The maximum absolute atomic E-state index is 12.9. The Bertz CT molecular complexity index is 1220. The molecular formula is C21H11Cl2NO4S2. The number of halogens is 2. The van der Waals surface area contributed by atoms with Crippen LogP contribution in [-0.4, -0.2) is 21.3 Å². The van der Waals surface area contributed by atoms with Gasteiger partial charge in [-0.25, -0.2) is 4.79 Å². The number of benzene rings is 2. The fourth-order valence-corrected chi connectivity index (χ4v) is 4.38. The number of rotatable bonds is 4. The maximum Gasteiger partial charge on any atom is 0.335 e. The fourth-order valence-electron chi connectivity index (χ4n) is 2.81. The van der Waals surface area contributed by atoms with Gasteiger partial charge in [-0.05, 0) is 54.6 Å². The minimum atomic E-state index is -1.04. The van der Waals surface area contributed by atoms with Crippen molar-refractivity contribution in [3.05, 3.63) is 80.9 Å². The Morgan fingerprint density at radius 3 is 2.47 bits per heavy atom. The Labute approximate surface area is 190 Å². The predicted octanol–water partition coefficient (Wildman–Crippen LogP) is 6.36. The van der Waals surface area contributed by atoms with E-state index < -0.39 is 5.97 Å². The zero-order valence-corrected chi connectivity index (χ0v) is 18.1. The molecule has 0 aliphatic carbocycles. The molecule has 2 aromatic carbocycles. The molecule has 1 aliphatic rings. The molecule has 1 aliphatic heterocycles. The van der Waals surface area contributed by atoms with Gasteiger partial charge in [0, 0.05) is 11.6 Å². The molecule has 9 heteroatoms. The van der Waals surface area contributed by atoms with Crippen molar-refractivity contribution in [2.24, 2.45) is 0 Å². The zero-order valence-electron chi connectivity index (χ0n) is 15.0. The smallest absolute Gasteiger partial charge is 0.335 e. The van der Waals surface area contributed by atoms with Gasteiger partial charge in [-0.3, -0.25) is 9.69 Å². The molecule has 5 nitrogen and oxygen atoms in total. The number of aromatic carboxylic acids is 1. The van der Waals surface area contributed by atoms with Gasteiger partial charge in [-0.15, -0.1) is 0 Å². The van der Waals surface area contributed by atoms with E-state index in [0.29, 0.717) is 36.5 Å². The summed E-state index contributed by atoms with van der Waals surface area (Å²) in [5.41, 5.74) is 1.39. The molecule has 30 heavy (non-hydrogen) atoms. The van der Waals surface area contributed by atoms with Gasteiger partial charge < -0.3 is 9.52 Å². The topological polar surface area (TPSA) is 70.8 Å². The maximum atomic E-state index is 12.9. The standard InChI is InChI=1S/C21H11Cl2NO4S2/c22-15-7-3-12(9-16(15)23)17-8-6-14(28-17)10-18-19(25)24(21(29)30-18)13-4-1-11(2-5-13)20(26)27/h1-10H,(H,26,27)/b18-10-. The second-order valence-corrected chi connectivity index (χ2v) is 8.69. The van der Waals surface area contributed by atoms with Crippen LogP contribution in [0.15, 0.2) is 63.9 Å². The largest absolute Gasteiger partial charge is 0.478 e. The van der Waals surface area contributed by atoms with E-state index in [-0.39, 0.29) is 11.5 Å². The van der Waals surface area contributed by atoms with Crippen molar-refractivity contribution in [1.29, 1.82) is 0 Å². The normalized spacial score (nSPS) is 15.3. The van der Waals surface area contributed by atoms with Crippen LogP contribution in [-0.2, 0) is 4.79 Å². The monoisotopic (exact) mass is 475 g/mol. The molecule has 1 saturated heterocycles. The number of carbonyl (C=O) groups is 2. The van der Waals surface area contributed by atoms with Gasteiger partial charge in [0.25, 0.3) is 5.91 Å². The summed E-state index contributed by atoms with van der Waals surface area (Å²) in [7, 11) is 0. The van der Waals surface area contributed by atoms with E-state index in [1.165, 1.54) is 17.0 Å². The zero-order chi connectivity index (χ0) is 21.4. The summed E-state index contributed by atoms with van der Waals surface area (Å²) in [6.07, 6.45) is 1.62. The average molecular weight is 476 g/mol. The third-order valence-electron chi connectivity index (χ3n) is 4.27. The lowest BCUT2D eigenvalue weighted by Gasteiger charge is -2.14. The van der Waals surface area contributed by atoms with Crippen LogP contribution < -0.4 is 4.90 Å². The molecule has 0 bridgehead atoms. The summed E-state index contributed by atoms with van der Waals surface area (Å²) >= 11 is 18.5. The molecule has 1 aromatic heterocycles. The first-order valence-electron chi connectivity index (χ1n) is 8.50. The van der Waals surface area contributed by atoms with Crippen molar-refractivity contribution in [2.75, 3.05) is 4.90 Å². The molecule has 3 aromatic rings. The van der Waals surface area contributed by atoms with Crippen LogP contribution >= 0.6 is 47.2 Å². The highest BCUT2D eigenvalue weighted by molar-refractivity contribution is 8.27. The second-order valence-electron chi connectivity index (χ2n) is 6.20. The van der Waals surface area contributed by atoms with Crippen LogP contribution in [0.5, 0.6) is 0 Å². The summed E-state index contributed by atoms with van der Waals surface area (Å²) in [4.78, 5) is 25.6. The lowest BCUT2D eigenvalue weighted by molar-refractivity contribution is -0.113. The van der Waals surface area contributed by atoms with Crippen molar-refractivity contribution in [3.8, 4) is 11.3 Å².